The molecule has 0 atom stereocenters. The van der Waals surface area contributed by atoms with Gasteiger partial charge in [-0.2, -0.15) is 0 Å². The fourth-order valence-electron chi connectivity index (χ4n) is 3.27. The number of amides is 1. The van der Waals surface area contributed by atoms with Crippen molar-refractivity contribution < 1.29 is 23.1 Å². The summed E-state index contributed by atoms with van der Waals surface area (Å²) in [4.78, 5) is 24.8. The summed E-state index contributed by atoms with van der Waals surface area (Å²) in [6.07, 6.45) is 1.25. The lowest BCUT2D eigenvalue weighted by molar-refractivity contribution is -0.118. The van der Waals surface area contributed by atoms with Gasteiger partial charge in [0, 0.05) is 6.07 Å². The van der Waals surface area contributed by atoms with Crippen LogP contribution in [0.25, 0.3) is 11.0 Å². The average Bonchev–Trinajstić information content (AvgIpc) is 2.75. The van der Waals surface area contributed by atoms with Gasteiger partial charge in [0.05, 0.1) is 11.1 Å². The molecule has 1 amide bonds. The van der Waals surface area contributed by atoms with E-state index in [1.807, 2.05) is 32.0 Å². The van der Waals surface area contributed by atoms with Crippen LogP contribution in [0.15, 0.2) is 76.1 Å². The third-order valence-corrected chi connectivity index (χ3v) is 4.66. The molecule has 0 aliphatic heterocycles. The standard InChI is InChI=1S/C25H20FNO5/c1-15-9-16(2)11-18(10-15)32-23-13-31-22-12-17(7-8-19(22)25(23)29)30-14-24(28)27-21-6-4-3-5-20(21)26/h3-13H,14H2,1-2H3,(H,27,28). The van der Waals surface area contributed by atoms with Crippen molar-refractivity contribution in [2.24, 2.45) is 0 Å². The summed E-state index contributed by atoms with van der Waals surface area (Å²) in [7, 11) is 0. The molecular weight excluding hydrogens is 413 g/mol. The van der Waals surface area contributed by atoms with Gasteiger partial charge in [0.15, 0.2) is 6.61 Å². The van der Waals surface area contributed by atoms with Crippen molar-refractivity contribution in [3.05, 3.63) is 94.1 Å². The number of aryl methyl sites for hydroxylation is 2. The summed E-state index contributed by atoms with van der Waals surface area (Å²) in [6.45, 7) is 3.56. The van der Waals surface area contributed by atoms with Crippen molar-refractivity contribution >= 4 is 22.6 Å². The van der Waals surface area contributed by atoms with Crippen molar-refractivity contribution in [1.82, 2.24) is 0 Å². The number of para-hydroxylation sites is 1. The minimum absolute atomic E-state index is 0.0698. The second-order valence-electron chi connectivity index (χ2n) is 7.33. The molecule has 0 saturated carbocycles. The Kier molecular flexibility index (Phi) is 5.89. The topological polar surface area (TPSA) is 77.8 Å². The van der Waals surface area contributed by atoms with Gasteiger partial charge < -0.3 is 19.2 Å². The fourth-order valence-corrected chi connectivity index (χ4v) is 3.27. The van der Waals surface area contributed by atoms with E-state index in [0.29, 0.717) is 16.9 Å². The molecule has 0 aliphatic rings. The number of benzene rings is 3. The minimum Gasteiger partial charge on any atom is -0.484 e. The lowest BCUT2D eigenvalue weighted by Crippen LogP contribution is -2.20. The highest BCUT2D eigenvalue weighted by Crippen LogP contribution is 2.25. The fraction of sp³-hybridized carbons (Fsp3) is 0.120. The number of rotatable bonds is 6. The van der Waals surface area contributed by atoms with E-state index in [4.69, 9.17) is 13.9 Å². The first-order valence-electron chi connectivity index (χ1n) is 9.88. The van der Waals surface area contributed by atoms with Gasteiger partial charge in [-0.1, -0.05) is 18.2 Å². The second-order valence-corrected chi connectivity index (χ2v) is 7.33. The number of fused-ring (bicyclic) bond motifs is 1. The maximum absolute atomic E-state index is 13.6. The Labute approximate surface area is 183 Å². The zero-order valence-corrected chi connectivity index (χ0v) is 17.5. The maximum Gasteiger partial charge on any atom is 0.262 e. The van der Waals surface area contributed by atoms with Gasteiger partial charge in [0.1, 0.15) is 29.2 Å². The van der Waals surface area contributed by atoms with Crippen LogP contribution in [0.2, 0.25) is 0 Å². The molecule has 3 aromatic carbocycles. The number of halogens is 1. The van der Waals surface area contributed by atoms with Crippen LogP contribution in [0.4, 0.5) is 10.1 Å². The van der Waals surface area contributed by atoms with Crippen LogP contribution in [0.1, 0.15) is 11.1 Å². The molecule has 4 rings (SSSR count). The average molecular weight is 433 g/mol. The number of hydrogen-bond donors (Lipinski definition) is 1. The Morgan fingerprint density at radius 3 is 2.50 bits per heavy atom. The SMILES string of the molecule is Cc1cc(C)cc(Oc2coc3cc(OCC(=O)Nc4ccccc4F)ccc3c2=O)c1. The van der Waals surface area contributed by atoms with Gasteiger partial charge in [-0.15, -0.1) is 0 Å². The third kappa shape index (κ3) is 4.78. The first-order chi connectivity index (χ1) is 15.4. The first kappa shape index (κ1) is 21.1. The lowest BCUT2D eigenvalue weighted by Gasteiger charge is -2.10. The molecular formula is C25H20FNO5. The molecule has 0 fully saturated rings. The van der Waals surface area contributed by atoms with Gasteiger partial charge in [-0.25, -0.2) is 4.39 Å². The smallest absolute Gasteiger partial charge is 0.262 e. The molecule has 6 nitrogen and oxygen atoms in total. The van der Waals surface area contributed by atoms with Crippen LogP contribution < -0.4 is 20.2 Å². The normalized spacial score (nSPS) is 10.7. The number of ether oxygens (including phenoxy) is 2. The molecule has 0 bridgehead atoms. The second kappa shape index (κ2) is 8.93. The molecule has 32 heavy (non-hydrogen) atoms. The first-order valence-corrected chi connectivity index (χ1v) is 9.88. The molecule has 1 N–H and O–H groups in total. The number of nitrogens with one attached hydrogen (secondary N) is 1. The van der Waals surface area contributed by atoms with Crippen molar-refractivity contribution in [3.63, 3.8) is 0 Å². The summed E-state index contributed by atoms with van der Waals surface area (Å²) in [6, 6.07) is 16.1. The largest absolute Gasteiger partial charge is 0.484 e. The number of anilines is 1. The molecule has 0 aliphatic carbocycles. The molecule has 1 aromatic heterocycles. The third-order valence-electron chi connectivity index (χ3n) is 4.66. The van der Waals surface area contributed by atoms with Crippen molar-refractivity contribution in [2.45, 2.75) is 13.8 Å². The summed E-state index contributed by atoms with van der Waals surface area (Å²) in [5.74, 6) is -0.108. The van der Waals surface area contributed by atoms with E-state index in [9.17, 15) is 14.0 Å². The van der Waals surface area contributed by atoms with Crippen LogP contribution in [-0.2, 0) is 4.79 Å². The van der Waals surface area contributed by atoms with E-state index in [2.05, 4.69) is 5.32 Å². The van der Waals surface area contributed by atoms with Crippen molar-refractivity contribution in [2.75, 3.05) is 11.9 Å². The summed E-state index contributed by atoms with van der Waals surface area (Å²) < 4.78 is 30.4. The molecule has 0 unspecified atom stereocenters. The predicted molar refractivity (Wildman–Crippen MR) is 119 cm³/mol. The monoisotopic (exact) mass is 433 g/mol. The Hall–Kier alpha value is -4.13. The quantitative estimate of drug-likeness (QED) is 0.443. The highest BCUT2D eigenvalue weighted by atomic mass is 19.1. The van der Waals surface area contributed by atoms with E-state index >= 15 is 0 Å². The predicted octanol–water partition coefficient (Wildman–Crippen LogP) is 5.36. The minimum atomic E-state index is -0.535. The molecule has 4 aromatic rings. The van der Waals surface area contributed by atoms with Crippen molar-refractivity contribution in [1.29, 1.82) is 0 Å². The van der Waals surface area contributed by atoms with Crippen LogP contribution in [0, 0.1) is 19.7 Å². The molecule has 0 radical (unpaired) electrons. The van der Waals surface area contributed by atoms with Crippen LogP contribution in [-0.4, -0.2) is 12.5 Å². The van der Waals surface area contributed by atoms with E-state index in [1.54, 1.807) is 18.2 Å². The van der Waals surface area contributed by atoms with E-state index in [0.717, 1.165) is 11.1 Å². The van der Waals surface area contributed by atoms with Crippen LogP contribution in [0.5, 0.6) is 17.2 Å². The number of hydrogen-bond acceptors (Lipinski definition) is 5. The molecule has 162 valence electrons. The molecule has 7 heteroatoms. The lowest BCUT2D eigenvalue weighted by atomic mass is 10.1. The maximum atomic E-state index is 13.6. The summed E-state index contributed by atoms with van der Waals surface area (Å²) >= 11 is 0. The Bertz CT molecular complexity index is 1340. The van der Waals surface area contributed by atoms with Gasteiger partial charge in [0.2, 0.25) is 11.2 Å². The number of carbonyl (C=O) groups excluding carboxylic acids is 1. The van der Waals surface area contributed by atoms with Gasteiger partial charge >= 0.3 is 0 Å². The van der Waals surface area contributed by atoms with Gasteiger partial charge in [-0.3, -0.25) is 9.59 Å². The van der Waals surface area contributed by atoms with E-state index in [1.165, 1.54) is 30.5 Å². The molecule has 1 heterocycles. The number of carbonyl (C=O) groups is 1. The van der Waals surface area contributed by atoms with Crippen molar-refractivity contribution in [3.8, 4) is 17.2 Å². The highest BCUT2D eigenvalue weighted by molar-refractivity contribution is 5.92. The molecule has 0 spiro atoms. The zero-order valence-electron chi connectivity index (χ0n) is 17.5. The van der Waals surface area contributed by atoms with Gasteiger partial charge in [0.25, 0.3) is 5.91 Å². The Morgan fingerprint density at radius 2 is 1.75 bits per heavy atom. The van der Waals surface area contributed by atoms with Crippen LogP contribution in [0.3, 0.4) is 0 Å². The van der Waals surface area contributed by atoms with E-state index < -0.39 is 11.7 Å². The summed E-state index contributed by atoms with van der Waals surface area (Å²) in [5.41, 5.74) is 2.07. The molecule has 0 saturated heterocycles. The van der Waals surface area contributed by atoms with Crippen LogP contribution >= 0.6 is 0 Å². The Morgan fingerprint density at radius 1 is 1.00 bits per heavy atom. The zero-order chi connectivity index (χ0) is 22.7. The summed E-state index contributed by atoms with van der Waals surface area (Å²) in [5, 5.41) is 2.75. The van der Waals surface area contributed by atoms with Gasteiger partial charge in [-0.05, 0) is 61.4 Å². The Balaban J connectivity index is 1.47. The van der Waals surface area contributed by atoms with E-state index in [-0.39, 0.29) is 29.1 Å². The highest BCUT2D eigenvalue weighted by Gasteiger charge is 2.12.